The van der Waals surface area contributed by atoms with Crippen molar-refractivity contribution in [3.63, 3.8) is 0 Å². The molecule has 0 N–H and O–H groups in total. The summed E-state index contributed by atoms with van der Waals surface area (Å²) in [6, 6.07) is 41.4. The van der Waals surface area contributed by atoms with Crippen LogP contribution in [0.4, 0.5) is 13.2 Å². The summed E-state index contributed by atoms with van der Waals surface area (Å²) in [7, 11) is 0. The van der Waals surface area contributed by atoms with Crippen molar-refractivity contribution in [2.75, 3.05) is 0 Å². The monoisotopic (exact) mass is 522 g/mol. The Hall–Kier alpha value is -4.89. The summed E-state index contributed by atoms with van der Waals surface area (Å²) in [4.78, 5) is 0. The number of halogens is 3. The molecule has 0 heterocycles. The number of hydrogen-bond acceptors (Lipinski definition) is 0. The Morgan fingerprint density at radius 2 is 0.925 bits per heavy atom. The van der Waals surface area contributed by atoms with Crippen molar-refractivity contribution in [3.8, 4) is 22.3 Å². The van der Waals surface area contributed by atoms with Gasteiger partial charge in [0.1, 0.15) is 0 Å². The molecular weight excluding hydrogens is 501 g/mol. The zero-order valence-corrected chi connectivity index (χ0v) is 21.3. The molecule has 0 aliphatic rings. The van der Waals surface area contributed by atoms with Gasteiger partial charge in [-0.25, -0.2) is 0 Å². The number of fused-ring (bicyclic) bond motifs is 2. The number of alkyl halides is 3. The highest BCUT2D eigenvalue weighted by Gasteiger charge is 2.31. The smallest absolute Gasteiger partial charge is 0.166 e. The summed E-state index contributed by atoms with van der Waals surface area (Å²) in [6.07, 6.45) is -4.41. The van der Waals surface area contributed by atoms with Gasteiger partial charge in [-0.2, -0.15) is 13.2 Å². The fourth-order valence-corrected chi connectivity index (χ4v) is 6.53. The molecule has 0 saturated heterocycles. The van der Waals surface area contributed by atoms with E-state index in [1.165, 1.54) is 44.5 Å². The Bertz CT molecular complexity index is 2180. The largest absolute Gasteiger partial charge is 0.416 e. The first-order chi connectivity index (χ1) is 19.5. The molecule has 0 atom stereocenters. The SMILES string of the molecule is FC(F)(F)c1cccc(-c2c3ccccc3c(-c3ccc4ccc5cccc6ccc3c4c56)c3ccccc23)c1. The lowest BCUT2D eigenvalue weighted by Crippen LogP contribution is -2.04. The fraction of sp³-hybridized carbons (Fsp3) is 0.0270. The maximum atomic E-state index is 13.7. The Morgan fingerprint density at radius 3 is 1.55 bits per heavy atom. The van der Waals surface area contributed by atoms with Crippen LogP contribution < -0.4 is 0 Å². The van der Waals surface area contributed by atoms with Crippen LogP contribution in [0.25, 0.3) is 76.1 Å². The third-order valence-electron chi connectivity index (χ3n) is 8.21. The molecule has 0 aliphatic carbocycles. The van der Waals surface area contributed by atoms with E-state index in [-0.39, 0.29) is 0 Å². The van der Waals surface area contributed by atoms with Gasteiger partial charge in [-0.05, 0) is 88.2 Å². The Labute approximate surface area is 228 Å². The van der Waals surface area contributed by atoms with Gasteiger partial charge in [0.15, 0.2) is 0 Å². The van der Waals surface area contributed by atoms with Gasteiger partial charge in [0, 0.05) is 0 Å². The Balaban J connectivity index is 1.53. The van der Waals surface area contributed by atoms with Crippen LogP contribution in [0, 0.1) is 0 Å². The Morgan fingerprint density at radius 1 is 0.400 bits per heavy atom. The van der Waals surface area contributed by atoms with Crippen LogP contribution in [0.3, 0.4) is 0 Å². The zero-order chi connectivity index (χ0) is 27.0. The third-order valence-corrected chi connectivity index (χ3v) is 8.21. The molecule has 3 heteroatoms. The zero-order valence-electron chi connectivity index (χ0n) is 21.3. The molecule has 0 unspecified atom stereocenters. The maximum absolute atomic E-state index is 13.7. The lowest BCUT2D eigenvalue weighted by atomic mass is 9.83. The molecule has 0 aliphatic heterocycles. The predicted molar refractivity (Wildman–Crippen MR) is 161 cm³/mol. The molecule has 0 nitrogen and oxygen atoms in total. The second kappa shape index (κ2) is 8.30. The molecule has 0 amide bonds. The summed E-state index contributed by atoms with van der Waals surface area (Å²) in [5.41, 5.74) is 2.95. The second-order valence-corrected chi connectivity index (χ2v) is 10.4. The molecule has 0 fully saturated rings. The van der Waals surface area contributed by atoms with Crippen LogP contribution in [0.2, 0.25) is 0 Å². The lowest BCUT2D eigenvalue weighted by Gasteiger charge is -2.20. The van der Waals surface area contributed by atoms with Gasteiger partial charge in [-0.15, -0.1) is 0 Å². The summed E-state index contributed by atoms with van der Waals surface area (Å²) in [5, 5.41) is 11.2. The van der Waals surface area contributed by atoms with Crippen LogP contribution in [0.15, 0.2) is 127 Å². The fourth-order valence-electron chi connectivity index (χ4n) is 6.53. The van der Waals surface area contributed by atoms with Crippen LogP contribution in [-0.2, 0) is 6.18 Å². The summed E-state index contributed by atoms with van der Waals surface area (Å²) >= 11 is 0. The van der Waals surface area contributed by atoms with Crippen LogP contribution in [-0.4, -0.2) is 0 Å². The number of hydrogen-bond donors (Lipinski definition) is 0. The van der Waals surface area contributed by atoms with Crippen molar-refractivity contribution in [1.29, 1.82) is 0 Å². The van der Waals surface area contributed by atoms with Gasteiger partial charge >= 0.3 is 6.18 Å². The Kier molecular flexibility index (Phi) is 4.78. The van der Waals surface area contributed by atoms with Gasteiger partial charge in [0.05, 0.1) is 5.56 Å². The second-order valence-electron chi connectivity index (χ2n) is 10.4. The van der Waals surface area contributed by atoms with Crippen molar-refractivity contribution in [2.24, 2.45) is 0 Å². The van der Waals surface area contributed by atoms with Crippen LogP contribution in [0.1, 0.15) is 5.56 Å². The minimum absolute atomic E-state index is 0.559. The van der Waals surface area contributed by atoms with Crippen molar-refractivity contribution in [1.82, 2.24) is 0 Å². The van der Waals surface area contributed by atoms with Crippen molar-refractivity contribution in [3.05, 3.63) is 133 Å². The molecule has 0 radical (unpaired) electrons. The van der Waals surface area contributed by atoms with E-state index in [0.717, 1.165) is 44.3 Å². The first-order valence-electron chi connectivity index (χ1n) is 13.3. The van der Waals surface area contributed by atoms with Crippen molar-refractivity contribution < 1.29 is 13.2 Å². The molecular formula is C37H21F3. The first kappa shape index (κ1) is 23.0. The van der Waals surface area contributed by atoms with E-state index in [9.17, 15) is 13.2 Å². The van der Waals surface area contributed by atoms with Gasteiger partial charge < -0.3 is 0 Å². The molecule has 0 bridgehead atoms. The van der Waals surface area contributed by atoms with E-state index in [4.69, 9.17) is 0 Å². The minimum Gasteiger partial charge on any atom is -0.166 e. The number of benzene rings is 8. The molecule has 40 heavy (non-hydrogen) atoms. The van der Waals surface area contributed by atoms with Gasteiger partial charge in [0.25, 0.3) is 0 Å². The highest BCUT2D eigenvalue weighted by molar-refractivity contribution is 6.29. The maximum Gasteiger partial charge on any atom is 0.416 e. The minimum atomic E-state index is -4.41. The van der Waals surface area contributed by atoms with Gasteiger partial charge in [-0.1, -0.05) is 115 Å². The standard InChI is InChI=1S/C37H21F3/c38-37(39,40)26-10-6-9-25(21-26)34-27-11-1-3-13-29(27)36(30-14-4-2-12-28(30)34)32-20-18-24-16-15-22-7-5-8-23-17-19-31(32)35(24)33(22)23/h1-21H. The van der Waals surface area contributed by atoms with Gasteiger partial charge in [-0.3, -0.25) is 0 Å². The van der Waals surface area contributed by atoms with Gasteiger partial charge in [0.2, 0.25) is 0 Å². The highest BCUT2D eigenvalue weighted by Crippen LogP contribution is 2.47. The molecule has 0 saturated carbocycles. The van der Waals surface area contributed by atoms with E-state index in [0.29, 0.717) is 5.56 Å². The summed E-state index contributed by atoms with van der Waals surface area (Å²) in [5.74, 6) is 0. The molecule has 8 rings (SSSR count). The first-order valence-corrected chi connectivity index (χ1v) is 13.3. The van der Waals surface area contributed by atoms with Crippen LogP contribution >= 0.6 is 0 Å². The highest BCUT2D eigenvalue weighted by atomic mass is 19.4. The average molecular weight is 523 g/mol. The summed E-state index contributed by atoms with van der Waals surface area (Å²) in [6.45, 7) is 0. The van der Waals surface area contributed by atoms with Crippen molar-refractivity contribution in [2.45, 2.75) is 6.18 Å². The van der Waals surface area contributed by atoms with E-state index in [1.54, 1.807) is 6.07 Å². The molecule has 0 spiro atoms. The molecule has 8 aromatic carbocycles. The van der Waals surface area contributed by atoms with E-state index in [2.05, 4.69) is 66.7 Å². The molecule has 0 aromatic heterocycles. The van der Waals surface area contributed by atoms with Crippen molar-refractivity contribution >= 4 is 53.9 Å². The van der Waals surface area contributed by atoms with E-state index < -0.39 is 11.7 Å². The van der Waals surface area contributed by atoms with E-state index in [1.807, 2.05) is 36.4 Å². The normalized spacial score (nSPS) is 12.4. The molecule has 8 aromatic rings. The van der Waals surface area contributed by atoms with Crippen LogP contribution in [0.5, 0.6) is 0 Å². The predicted octanol–water partition coefficient (Wildman–Crippen LogP) is 11.2. The topological polar surface area (TPSA) is 0 Å². The quantitative estimate of drug-likeness (QED) is 0.156. The number of rotatable bonds is 2. The van der Waals surface area contributed by atoms with E-state index >= 15 is 0 Å². The third kappa shape index (κ3) is 3.27. The average Bonchev–Trinajstić information content (AvgIpc) is 2.98. The molecule has 190 valence electrons. The lowest BCUT2D eigenvalue weighted by molar-refractivity contribution is -0.137. The summed E-state index contributed by atoms with van der Waals surface area (Å²) < 4.78 is 41.2.